The first-order chi connectivity index (χ1) is 11.4. The molecule has 2 aromatic rings. The van der Waals surface area contributed by atoms with Crippen LogP contribution in [0.3, 0.4) is 0 Å². The van der Waals surface area contributed by atoms with Gasteiger partial charge in [0.25, 0.3) is 0 Å². The monoisotopic (exact) mass is 365 g/mol. The number of benzene rings is 2. The molecule has 1 N–H and O–H groups in total. The first kappa shape index (κ1) is 18.6. The minimum Gasteiger partial charge on any atom is -0.493 e. The van der Waals surface area contributed by atoms with Crippen molar-refractivity contribution >= 4 is 29.1 Å². The van der Waals surface area contributed by atoms with Crippen LogP contribution in [-0.4, -0.2) is 12.5 Å². The summed E-state index contributed by atoms with van der Waals surface area (Å²) in [7, 11) is 0. The maximum Gasteiger partial charge on any atom is 0.223 e. The van der Waals surface area contributed by atoms with E-state index in [1.54, 1.807) is 12.1 Å². The van der Waals surface area contributed by atoms with E-state index in [-0.39, 0.29) is 18.4 Å². The largest absolute Gasteiger partial charge is 0.493 e. The summed E-state index contributed by atoms with van der Waals surface area (Å²) in [4.78, 5) is 12.1. The third kappa shape index (κ3) is 5.15. The van der Waals surface area contributed by atoms with Crippen LogP contribution < -0.4 is 10.1 Å². The van der Waals surface area contributed by atoms with Crippen LogP contribution >= 0.6 is 23.2 Å². The molecule has 0 aromatic heterocycles. The van der Waals surface area contributed by atoms with Gasteiger partial charge in [0.2, 0.25) is 5.91 Å². The number of rotatable bonds is 6. The summed E-state index contributed by atoms with van der Waals surface area (Å²) < 4.78 is 5.71. The standard InChI is InChI=1S/C19H21Cl2NO2/c1-12-4-5-13(2)18(10-12)24-9-8-19(23)22-14(3)16-7-6-15(20)11-17(16)21/h4-7,10-11,14H,8-9H2,1-3H3,(H,22,23)/t14-/m1/s1. The average Bonchev–Trinajstić information content (AvgIpc) is 2.50. The maximum atomic E-state index is 12.1. The number of aryl methyl sites for hydroxylation is 2. The maximum absolute atomic E-state index is 12.1. The minimum absolute atomic E-state index is 0.0844. The highest BCUT2D eigenvalue weighted by atomic mass is 35.5. The Balaban J connectivity index is 1.85. The fraction of sp³-hybridized carbons (Fsp3) is 0.316. The van der Waals surface area contributed by atoms with E-state index in [1.807, 2.05) is 45.0 Å². The molecule has 0 aliphatic carbocycles. The van der Waals surface area contributed by atoms with E-state index in [9.17, 15) is 4.79 Å². The van der Waals surface area contributed by atoms with Crippen molar-refractivity contribution in [3.8, 4) is 5.75 Å². The summed E-state index contributed by atoms with van der Waals surface area (Å²) in [6.45, 7) is 6.21. The van der Waals surface area contributed by atoms with Crippen LogP contribution in [0.4, 0.5) is 0 Å². The smallest absolute Gasteiger partial charge is 0.223 e. The van der Waals surface area contributed by atoms with Crippen LogP contribution in [0.25, 0.3) is 0 Å². The summed E-state index contributed by atoms with van der Waals surface area (Å²) in [5, 5.41) is 4.04. The molecule has 1 atom stereocenters. The van der Waals surface area contributed by atoms with Crippen LogP contribution in [0.15, 0.2) is 36.4 Å². The molecule has 0 aliphatic rings. The van der Waals surface area contributed by atoms with Gasteiger partial charge in [-0.25, -0.2) is 0 Å². The zero-order valence-corrected chi connectivity index (χ0v) is 15.5. The quantitative estimate of drug-likeness (QED) is 0.758. The highest BCUT2D eigenvalue weighted by Crippen LogP contribution is 2.26. The molecule has 128 valence electrons. The molecule has 24 heavy (non-hydrogen) atoms. The Morgan fingerprint density at radius 3 is 2.62 bits per heavy atom. The van der Waals surface area contributed by atoms with Gasteiger partial charge in [0.1, 0.15) is 5.75 Å². The third-order valence-corrected chi connectivity index (χ3v) is 4.30. The van der Waals surface area contributed by atoms with Crippen molar-refractivity contribution in [3.05, 3.63) is 63.1 Å². The molecule has 3 nitrogen and oxygen atoms in total. The lowest BCUT2D eigenvalue weighted by molar-refractivity contribution is -0.122. The number of amides is 1. The average molecular weight is 366 g/mol. The van der Waals surface area contributed by atoms with E-state index in [0.29, 0.717) is 16.7 Å². The number of carbonyl (C=O) groups is 1. The van der Waals surface area contributed by atoms with Crippen LogP contribution in [0.5, 0.6) is 5.75 Å². The fourth-order valence-electron chi connectivity index (χ4n) is 2.36. The molecular formula is C19H21Cl2NO2. The van der Waals surface area contributed by atoms with Gasteiger partial charge < -0.3 is 10.1 Å². The summed E-state index contributed by atoms with van der Waals surface area (Å²) >= 11 is 12.1. The molecule has 0 bridgehead atoms. The van der Waals surface area contributed by atoms with Crippen molar-refractivity contribution in [1.82, 2.24) is 5.32 Å². The Labute approximate surface area is 152 Å². The van der Waals surface area contributed by atoms with E-state index in [2.05, 4.69) is 5.32 Å². The number of ether oxygens (including phenoxy) is 1. The SMILES string of the molecule is Cc1ccc(C)c(OCCC(=O)N[C@H](C)c2ccc(Cl)cc2Cl)c1. The molecule has 0 unspecified atom stereocenters. The highest BCUT2D eigenvalue weighted by Gasteiger charge is 2.13. The van der Waals surface area contributed by atoms with Gasteiger partial charge in [-0.15, -0.1) is 0 Å². The normalized spacial score (nSPS) is 11.9. The molecule has 5 heteroatoms. The Morgan fingerprint density at radius 1 is 1.17 bits per heavy atom. The summed E-state index contributed by atoms with van der Waals surface area (Å²) in [5.41, 5.74) is 3.03. The topological polar surface area (TPSA) is 38.3 Å². The van der Waals surface area contributed by atoms with Gasteiger partial charge in [0.05, 0.1) is 19.1 Å². The first-order valence-electron chi connectivity index (χ1n) is 7.81. The van der Waals surface area contributed by atoms with Crippen LogP contribution in [0.1, 0.15) is 36.1 Å². The number of hydrogen-bond donors (Lipinski definition) is 1. The van der Waals surface area contributed by atoms with Gasteiger partial charge in [-0.05, 0) is 55.7 Å². The molecule has 0 fully saturated rings. The van der Waals surface area contributed by atoms with Gasteiger partial charge in [-0.1, -0.05) is 41.4 Å². The molecule has 0 radical (unpaired) electrons. The van der Waals surface area contributed by atoms with Crippen LogP contribution in [-0.2, 0) is 4.79 Å². The molecule has 0 saturated carbocycles. The van der Waals surface area contributed by atoms with Gasteiger partial charge >= 0.3 is 0 Å². The molecule has 2 rings (SSSR count). The van der Waals surface area contributed by atoms with Crippen molar-refractivity contribution < 1.29 is 9.53 Å². The van der Waals surface area contributed by atoms with Crippen molar-refractivity contribution in [2.45, 2.75) is 33.2 Å². The predicted octanol–water partition coefficient (Wildman–Crippen LogP) is 5.26. The third-order valence-electron chi connectivity index (χ3n) is 3.74. The number of carbonyl (C=O) groups excluding carboxylic acids is 1. The minimum atomic E-state index is -0.192. The van der Waals surface area contributed by atoms with Crippen molar-refractivity contribution in [2.24, 2.45) is 0 Å². The molecule has 0 spiro atoms. The van der Waals surface area contributed by atoms with E-state index < -0.39 is 0 Å². The zero-order valence-electron chi connectivity index (χ0n) is 14.0. The highest BCUT2D eigenvalue weighted by molar-refractivity contribution is 6.35. The fourth-order valence-corrected chi connectivity index (χ4v) is 2.93. The second kappa shape index (κ2) is 8.41. The van der Waals surface area contributed by atoms with E-state index in [1.165, 1.54) is 0 Å². The molecular weight excluding hydrogens is 345 g/mol. The summed E-state index contributed by atoms with van der Waals surface area (Å²) in [6, 6.07) is 11.1. The molecule has 0 aliphatic heterocycles. The Hall–Kier alpha value is -1.71. The molecule has 0 heterocycles. The van der Waals surface area contributed by atoms with Crippen LogP contribution in [0, 0.1) is 13.8 Å². The second-order valence-corrected chi connectivity index (χ2v) is 6.67. The number of hydrogen-bond acceptors (Lipinski definition) is 2. The predicted molar refractivity (Wildman–Crippen MR) is 99.0 cm³/mol. The number of halogens is 2. The van der Waals surface area contributed by atoms with Crippen molar-refractivity contribution in [2.75, 3.05) is 6.61 Å². The lowest BCUT2D eigenvalue weighted by Gasteiger charge is -2.16. The molecule has 2 aromatic carbocycles. The second-order valence-electron chi connectivity index (χ2n) is 5.82. The first-order valence-corrected chi connectivity index (χ1v) is 8.57. The van der Waals surface area contributed by atoms with Crippen molar-refractivity contribution in [1.29, 1.82) is 0 Å². The van der Waals surface area contributed by atoms with Crippen LogP contribution in [0.2, 0.25) is 10.0 Å². The van der Waals surface area contributed by atoms with Gasteiger partial charge in [-0.2, -0.15) is 0 Å². The Bertz CT molecular complexity index is 731. The van der Waals surface area contributed by atoms with Gasteiger partial charge in [0, 0.05) is 10.0 Å². The summed E-state index contributed by atoms with van der Waals surface area (Å²) in [5.74, 6) is 0.732. The molecule has 0 saturated heterocycles. The van der Waals surface area contributed by atoms with Gasteiger partial charge in [0.15, 0.2) is 0 Å². The molecule has 1 amide bonds. The lowest BCUT2D eigenvalue weighted by atomic mass is 10.1. The Kier molecular flexibility index (Phi) is 6.52. The van der Waals surface area contributed by atoms with Gasteiger partial charge in [-0.3, -0.25) is 4.79 Å². The summed E-state index contributed by atoms with van der Waals surface area (Å²) in [6.07, 6.45) is 0.281. The van der Waals surface area contributed by atoms with E-state index in [4.69, 9.17) is 27.9 Å². The zero-order chi connectivity index (χ0) is 17.7. The van der Waals surface area contributed by atoms with E-state index in [0.717, 1.165) is 22.4 Å². The number of nitrogens with one attached hydrogen (secondary N) is 1. The van der Waals surface area contributed by atoms with Crippen molar-refractivity contribution in [3.63, 3.8) is 0 Å². The lowest BCUT2D eigenvalue weighted by Crippen LogP contribution is -2.28. The Morgan fingerprint density at radius 2 is 1.92 bits per heavy atom. The van der Waals surface area contributed by atoms with E-state index >= 15 is 0 Å².